The van der Waals surface area contributed by atoms with Gasteiger partial charge in [-0.1, -0.05) is 47.6 Å². The molecular formula is C27H24N4O3S. The van der Waals surface area contributed by atoms with Crippen LogP contribution in [0.3, 0.4) is 0 Å². The Morgan fingerprint density at radius 2 is 1.66 bits per heavy atom. The van der Waals surface area contributed by atoms with Gasteiger partial charge in [-0.3, -0.25) is 4.90 Å². The molecule has 3 aromatic carbocycles. The van der Waals surface area contributed by atoms with Gasteiger partial charge in [0.1, 0.15) is 11.5 Å². The van der Waals surface area contributed by atoms with Crippen LogP contribution >= 0.6 is 12.2 Å². The van der Waals surface area contributed by atoms with E-state index in [9.17, 15) is 0 Å². The van der Waals surface area contributed by atoms with Crippen molar-refractivity contribution in [3.8, 4) is 22.9 Å². The van der Waals surface area contributed by atoms with Crippen LogP contribution in [-0.2, 0) is 0 Å². The van der Waals surface area contributed by atoms with Crippen LogP contribution in [-0.4, -0.2) is 29.5 Å². The molecule has 1 aliphatic heterocycles. The lowest BCUT2D eigenvalue weighted by Gasteiger charge is -2.37. The Labute approximate surface area is 209 Å². The molecule has 1 aromatic heterocycles. The molecule has 1 unspecified atom stereocenters. The van der Waals surface area contributed by atoms with Gasteiger partial charge >= 0.3 is 0 Å². The minimum atomic E-state index is -0.253. The number of benzene rings is 3. The van der Waals surface area contributed by atoms with Crippen LogP contribution in [0.1, 0.15) is 24.4 Å². The summed E-state index contributed by atoms with van der Waals surface area (Å²) in [6, 6.07) is 25.1. The average molecular weight is 485 g/mol. The summed E-state index contributed by atoms with van der Waals surface area (Å²) in [6.45, 7) is 2.01. The number of nitrogens with one attached hydrogen (secondary N) is 1. The molecule has 35 heavy (non-hydrogen) atoms. The molecular weight excluding hydrogens is 460 g/mol. The third kappa shape index (κ3) is 4.36. The average Bonchev–Trinajstić information content (AvgIpc) is 3.39. The number of hydrogen-bond donors (Lipinski definition) is 1. The van der Waals surface area contributed by atoms with E-state index in [2.05, 4.69) is 22.6 Å². The topological polar surface area (TPSA) is 72.7 Å². The second-order valence-electron chi connectivity index (χ2n) is 7.98. The summed E-state index contributed by atoms with van der Waals surface area (Å²) in [5.41, 5.74) is 4.49. The molecule has 0 bridgehead atoms. The summed E-state index contributed by atoms with van der Waals surface area (Å²) >= 11 is 5.81. The number of hydrogen-bond acceptors (Lipinski definition) is 6. The van der Waals surface area contributed by atoms with Crippen molar-refractivity contribution in [3.05, 3.63) is 96.0 Å². The Kier molecular flexibility index (Phi) is 6.20. The molecule has 1 aliphatic rings. The first-order chi connectivity index (χ1) is 17.1. The van der Waals surface area contributed by atoms with E-state index in [0.717, 1.165) is 39.6 Å². The minimum Gasteiger partial charge on any atom is -0.497 e. The fraction of sp³-hybridized carbons (Fsp3) is 0.148. The lowest BCUT2D eigenvalue weighted by atomic mass is 9.94. The van der Waals surface area contributed by atoms with Gasteiger partial charge in [-0.25, -0.2) is 0 Å². The number of thiocarbonyl (C=S) groups is 1. The highest BCUT2D eigenvalue weighted by Gasteiger charge is 2.34. The predicted molar refractivity (Wildman–Crippen MR) is 139 cm³/mol. The fourth-order valence-corrected chi connectivity index (χ4v) is 4.53. The zero-order valence-corrected chi connectivity index (χ0v) is 20.4. The zero-order valence-electron chi connectivity index (χ0n) is 19.6. The molecule has 8 heteroatoms. The number of allylic oxidation sites excluding steroid dienone is 1. The van der Waals surface area contributed by atoms with Gasteiger partial charge in [0.25, 0.3) is 5.89 Å². The van der Waals surface area contributed by atoms with E-state index < -0.39 is 0 Å². The van der Waals surface area contributed by atoms with Crippen molar-refractivity contribution in [3.63, 3.8) is 0 Å². The molecule has 4 aromatic rings. The molecule has 7 nitrogen and oxygen atoms in total. The summed E-state index contributed by atoms with van der Waals surface area (Å²) in [5.74, 6) is 2.40. The number of ether oxygens (including phenoxy) is 2. The van der Waals surface area contributed by atoms with Crippen LogP contribution in [0.5, 0.6) is 11.5 Å². The number of nitrogens with zero attached hydrogens (tertiary/aromatic N) is 3. The van der Waals surface area contributed by atoms with Crippen molar-refractivity contribution in [1.29, 1.82) is 0 Å². The van der Waals surface area contributed by atoms with E-state index >= 15 is 0 Å². The molecule has 5 rings (SSSR count). The second kappa shape index (κ2) is 9.60. The Balaban J connectivity index is 1.63. The molecule has 0 aliphatic carbocycles. The molecule has 1 atom stereocenters. The Morgan fingerprint density at radius 1 is 0.914 bits per heavy atom. The molecule has 1 N–H and O–H groups in total. The van der Waals surface area contributed by atoms with Crippen molar-refractivity contribution in [2.75, 3.05) is 19.1 Å². The van der Waals surface area contributed by atoms with Crippen LogP contribution in [0.15, 0.2) is 89.1 Å². The maximum absolute atomic E-state index is 5.82. The van der Waals surface area contributed by atoms with Crippen LogP contribution in [0.2, 0.25) is 0 Å². The minimum absolute atomic E-state index is 0.253. The van der Waals surface area contributed by atoms with E-state index in [0.29, 0.717) is 16.8 Å². The lowest BCUT2D eigenvalue weighted by Crippen LogP contribution is -2.46. The zero-order chi connectivity index (χ0) is 24.4. The number of methoxy groups -OCH3 is 2. The molecule has 0 radical (unpaired) electrons. The van der Waals surface area contributed by atoms with Crippen LogP contribution in [0, 0.1) is 0 Å². The molecule has 0 fully saturated rings. The van der Waals surface area contributed by atoms with E-state index in [1.165, 1.54) is 0 Å². The first-order valence-electron chi connectivity index (χ1n) is 11.1. The largest absolute Gasteiger partial charge is 0.497 e. The molecule has 176 valence electrons. The van der Waals surface area contributed by atoms with Gasteiger partial charge in [-0.05, 0) is 61.1 Å². The molecule has 2 heterocycles. The summed E-state index contributed by atoms with van der Waals surface area (Å²) in [5, 5.41) is 8.33. The van der Waals surface area contributed by atoms with Gasteiger partial charge in [-0.2, -0.15) is 4.98 Å². The van der Waals surface area contributed by atoms with Crippen LogP contribution < -0.4 is 19.7 Å². The van der Waals surface area contributed by atoms with Gasteiger partial charge in [0, 0.05) is 16.9 Å². The number of rotatable bonds is 6. The summed E-state index contributed by atoms with van der Waals surface area (Å²) in [6.07, 6.45) is 0. The Morgan fingerprint density at radius 3 is 2.37 bits per heavy atom. The van der Waals surface area contributed by atoms with Gasteiger partial charge in [0.15, 0.2) is 5.11 Å². The normalized spacial score (nSPS) is 15.7. The number of anilines is 1. The van der Waals surface area contributed by atoms with Crippen molar-refractivity contribution in [1.82, 2.24) is 15.5 Å². The van der Waals surface area contributed by atoms with E-state index in [1.54, 1.807) is 14.2 Å². The second-order valence-corrected chi connectivity index (χ2v) is 8.37. The highest BCUT2D eigenvalue weighted by atomic mass is 32.1. The first kappa shape index (κ1) is 22.6. The molecule has 0 saturated heterocycles. The van der Waals surface area contributed by atoms with Crippen LogP contribution in [0.4, 0.5) is 5.69 Å². The van der Waals surface area contributed by atoms with Gasteiger partial charge in [-0.15, -0.1) is 0 Å². The first-order valence-corrected chi connectivity index (χ1v) is 11.5. The third-order valence-corrected chi connectivity index (χ3v) is 6.23. The molecule has 0 saturated carbocycles. The van der Waals surface area contributed by atoms with Crippen molar-refractivity contribution in [2.24, 2.45) is 0 Å². The Hall–Kier alpha value is -4.17. The van der Waals surface area contributed by atoms with Gasteiger partial charge in [0.2, 0.25) is 5.82 Å². The SMILES string of the molecule is COc1ccc(N2C(=S)NC(c3ccccc3)C(c3nc(-c4cccc(OC)c4)no3)=C2C)cc1. The highest BCUT2D eigenvalue weighted by Crippen LogP contribution is 2.39. The van der Waals surface area contributed by atoms with Crippen molar-refractivity contribution < 1.29 is 14.0 Å². The monoisotopic (exact) mass is 484 g/mol. The number of aromatic nitrogens is 2. The van der Waals surface area contributed by atoms with Gasteiger partial charge < -0.3 is 19.3 Å². The van der Waals surface area contributed by atoms with E-state index in [-0.39, 0.29) is 6.04 Å². The van der Waals surface area contributed by atoms with E-state index in [1.807, 2.05) is 78.6 Å². The lowest BCUT2D eigenvalue weighted by molar-refractivity contribution is 0.403. The Bertz CT molecular complexity index is 1380. The predicted octanol–water partition coefficient (Wildman–Crippen LogP) is 5.62. The summed E-state index contributed by atoms with van der Waals surface area (Å²) in [7, 11) is 3.27. The molecule has 0 spiro atoms. The van der Waals surface area contributed by atoms with Crippen LogP contribution in [0.25, 0.3) is 17.0 Å². The quantitative estimate of drug-likeness (QED) is 0.354. The molecule has 0 amide bonds. The smallest absolute Gasteiger partial charge is 0.258 e. The standard InChI is InChI=1S/C27H24N4O3S/c1-17-23(26-29-25(30-34-26)19-10-7-11-22(16-19)33-3)24(18-8-5-4-6-9-18)28-27(35)31(17)20-12-14-21(32-2)15-13-20/h4-16,24H,1-3H3,(H,28,35). The van der Waals surface area contributed by atoms with E-state index in [4.69, 9.17) is 31.2 Å². The fourth-order valence-electron chi connectivity index (χ4n) is 4.17. The highest BCUT2D eigenvalue weighted by molar-refractivity contribution is 7.80. The summed E-state index contributed by atoms with van der Waals surface area (Å²) in [4.78, 5) is 6.74. The van der Waals surface area contributed by atoms with Gasteiger partial charge in [0.05, 0.1) is 25.8 Å². The maximum atomic E-state index is 5.82. The maximum Gasteiger partial charge on any atom is 0.258 e. The van der Waals surface area contributed by atoms with Crippen molar-refractivity contribution in [2.45, 2.75) is 13.0 Å². The third-order valence-electron chi connectivity index (χ3n) is 5.93. The summed E-state index contributed by atoms with van der Waals surface area (Å²) < 4.78 is 16.5. The van der Waals surface area contributed by atoms with Crippen molar-refractivity contribution >= 4 is 28.6 Å².